The number of rotatable bonds is 10. The zero-order valence-corrected chi connectivity index (χ0v) is 37.7. The lowest BCUT2D eigenvalue weighted by molar-refractivity contribution is 0.745. The summed E-state index contributed by atoms with van der Waals surface area (Å²) < 4.78 is 0. The second kappa shape index (κ2) is 17.9. The molecule has 4 heteroatoms. The molecule has 324 valence electrons. The standard InChI is InChI=1S/C65H44N4/c1-5-19-49(20-6-1)63-66-59(43-61(68-63)53-31-29-45-17-13-15-23-51(45)41-53)47-33-37-57(38-34-47)65(55-25-9-3-10-26-55,56-27-11-4-12-28-56)58-39-35-48(36-40-58)60-44-62(69-64(67-60)50-21-7-2-8-22-50)54-32-30-46-18-14-16-24-52(46)42-54/h1-44H. The lowest BCUT2D eigenvalue weighted by Crippen LogP contribution is -2.31. The normalized spacial score (nSPS) is 11.5. The van der Waals surface area contributed by atoms with Crippen molar-refractivity contribution in [2.45, 2.75) is 5.41 Å². The molecule has 0 N–H and O–H groups in total. The van der Waals surface area contributed by atoms with Crippen LogP contribution in [0.3, 0.4) is 0 Å². The van der Waals surface area contributed by atoms with E-state index in [9.17, 15) is 0 Å². The SMILES string of the molecule is c1ccc(-c2nc(-c3ccc(C(c4ccccc4)(c4ccccc4)c4ccc(-c5cc(-c6ccc7ccccc7c6)nc(-c6ccccc6)n5)cc4)cc3)cc(-c3ccc4ccccc4c3)n2)cc1. The minimum atomic E-state index is -0.673. The molecule has 0 aliphatic heterocycles. The summed E-state index contributed by atoms with van der Waals surface area (Å²) in [6, 6.07) is 94.3. The predicted octanol–water partition coefficient (Wildman–Crippen LogP) is 16.0. The molecule has 0 aliphatic rings. The van der Waals surface area contributed by atoms with Gasteiger partial charge in [-0.1, -0.05) is 243 Å². The molecule has 0 unspecified atom stereocenters. The Kier molecular flexibility index (Phi) is 10.7. The van der Waals surface area contributed by atoms with Gasteiger partial charge in [-0.3, -0.25) is 0 Å². The van der Waals surface area contributed by atoms with Gasteiger partial charge in [-0.25, -0.2) is 19.9 Å². The number of benzene rings is 10. The molecule has 10 aromatic carbocycles. The first kappa shape index (κ1) is 41.3. The molecule has 0 fully saturated rings. The Morgan fingerprint density at radius 1 is 0.203 bits per heavy atom. The Balaban J connectivity index is 0.987. The fraction of sp³-hybridized carbons (Fsp3) is 0.0154. The highest BCUT2D eigenvalue weighted by atomic mass is 14.9. The number of hydrogen-bond donors (Lipinski definition) is 0. The van der Waals surface area contributed by atoms with Gasteiger partial charge < -0.3 is 0 Å². The lowest BCUT2D eigenvalue weighted by Gasteiger charge is -2.37. The van der Waals surface area contributed by atoms with Crippen LogP contribution in [-0.4, -0.2) is 19.9 Å². The molecular weight excluding hydrogens is 837 g/mol. The Bertz CT molecular complexity index is 3490. The van der Waals surface area contributed by atoms with Crippen LogP contribution in [0.1, 0.15) is 22.3 Å². The molecule has 0 atom stereocenters. The second-order valence-electron chi connectivity index (χ2n) is 17.4. The average molecular weight is 881 g/mol. The van der Waals surface area contributed by atoms with Crippen LogP contribution in [0.5, 0.6) is 0 Å². The molecule has 12 aromatic rings. The molecule has 69 heavy (non-hydrogen) atoms. The van der Waals surface area contributed by atoms with Crippen LogP contribution in [-0.2, 0) is 5.41 Å². The van der Waals surface area contributed by atoms with E-state index in [0.29, 0.717) is 11.6 Å². The molecule has 0 amide bonds. The Morgan fingerprint density at radius 2 is 0.493 bits per heavy atom. The Morgan fingerprint density at radius 3 is 0.870 bits per heavy atom. The topological polar surface area (TPSA) is 51.6 Å². The summed E-state index contributed by atoms with van der Waals surface area (Å²) in [4.78, 5) is 20.7. The third-order valence-corrected chi connectivity index (χ3v) is 13.2. The Labute approximate surface area is 402 Å². The van der Waals surface area contributed by atoms with Crippen molar-refractivity contribution >= 4 is 21.5 Å². The minimum absolute atomic E-state index is 0.673. The van der Waals surface area contributed by atoms with E-state index in [1.807, 2.05) is 36.4 Å². The number of nitrogens with zero attached hydrogens (tertiary/aromatic N) is 4. The van der Waals surface area contributed by atoms with E-state index in [1.165, 1.54) is 21.5 Å². The summed E-state index contributed by atoms with van der Waals surface area (Å²) in [5.74, 6) is 1.37. The van der Waals surface area contributed by atoms with Gasteiger partial charge in [0.05, 0.1) is 28.2 Å². The molecule has 2 heterocycles. The molecule has 0 radical (unpaired) electrons. The van der Waals surface area contributed by atoms with Gasteiger partial charge in [0.1, 0.15) is 0 Å². The van der Waals surface area contributed by atoms with Crippen molar-refractivity contribution in [3.8, 4) is 67.8 Å². The fourth-order valence-corrected chi connectivity index (χ4v) is 9.77. The maximum absolute atomic E-state index is 5.21. The van der Waals surface area contributed by atoms with Gasteiger partial charge in [-0.15, -0.1) is 0 Å². The number of hydrogen-bond acceptors (Lipinski definition) is 4. The molecule has 0 spiro atoms. The van der Waals surface area contributed by atoms with E-state index in [4.69, 9.17) is 19.9 Å². The van der Waals surface area contributed by atoms with Gasteiger partial charge >= 0.3 is 0 Å². The molecule has 0 saturated carbocycles. The van der Waals surface area contributed by atoms with E-state index >= 15 is 0 Å². The van der Waals surface area contributed by atoms with Gasteiger partial charge in [0, 0.05) is 33.4 Å². The molecule has 0 saturated heterocycles. The van der Waals surface area contributed by atoms with Crippen LogP contribution >= 0.6 is 0 Å². The summed E-state index contributed by atoms with van der Waals surface area (Å²) in [6.07, 6.45) is 0. The first-order valence-corrected chi connectivity index (χ1v) is 23.4. The van der Waals surface area contributed by atoms with Crippen molar-refractivity contribution < 1.29 is 0 Å². The zero-order valence-electron chi connectivity index (χ0n) is 37.7. The third kappa shape index (κ3) is 7.94. The summed E-state index contributed by atoms with van der Waals surface area (Å²) >= 11 is 0. The predicted molar refractivity (Wildman–Crippen MR) is 284 cm³/mol. The second-order valence-corrected chi connectivity index (χ2v) is 17.4. The van der Waals surface area contributed by atoms with Crippen LogP contribution < -0.4 is 0 Å². The summed E-state index contributed by atoms with van der Waals surface area (Å²) in [6.45, 7) is 0. The lowest BCUT2D eigenvalue weighted by atomic mass is 9.65. The van der Waals surface area contributed by atoms with Crippen molar-refractivity contribution in [1.29, 1.82) is 0 Å². The third-order valence-electron chi connectivity index (χ3n) is 13.2. The molecular formula is C65H44N4. The van der Waals surface area contributed by atoms with E-state index < -0.39 is 5.41 Å². The highest BCUT2D eigenvalue weighted by Crippen LogP contribution is 2.46. The van der Waals surface area contributed by atoms with E-state index in [2.05, 4.69) is 231 Å². The van der Waals surface area contributed by atoms with Gasteiger partial charge in [0.2, 0.25) is 0 Å². The largest absolute Gasteiger partial charge is 0.228 e. The van der Waals surface area contributed by atoms with Crippen molar-refractivity contribution in [3.05, 3.63) is 289 Å². The van der Waals surface area contributed by atoms with E-state index in [1.54, 1.807) is 0 Å². The van der Waals surface area contributed by atoms with Gasteiger partial charge in [0.25, 0.3) is 0 Å². The van der Waals surface area contributed by atoms with Crippen molar-refractivity contribution in [2.75, 3.05) is 0 Å². The molecule has 2 aromatic heterocycles. The van der Waals surface area contributed by atoms with Crippen molar-refractivity contribution in [2.24, 2.45) is 0 Å². The zero-order chi connectivity index (χ0) is 46.0. The van der Waals surface area contributed by atoms with Crippen LogP contribution in [0.4, 0.5) is 0 Å². The quantitative estimate of drug-likeness (QED) is 0.128. The maximum atomic E-state index is 5.21. The molecule has 0 aliphatic carbocycles. The smallest absolute Gasteiger partial charge is 0.160 e. The monoisotopic (exact) mass is 880 g/mol. The number of fused-ring (bicyclic) bond motifs is 2. The van der Waals surface area contributed by atoms with Gasteiger partial charge in [-0.2, -0.15) is 0 Å². The van der Waals surface area contributed by atoms with Crippen LogP contribution in [0.2, 0.25) is 0 Å². The van der Waals surface area contributed by atoms with Crippen LogP contribution in [0.25, 0.3) is 89.4 Å². The summed E-state index contributed by atoms with van der Waals surface area (Å²) in [5, 5.41) is 4.74. The van der Waals surface area contributed by atoms with E-state index in [0.717, 1.165) is 78.4 Å². The van der Waals surface area contributed by atoms with Crippen LogP contribution in [0, 0.1) is 0 Å². The fourth-order valence-electron chi connectivity index (χ4n) is 9.77. The number of aromatic nitrogens is 4. The first-order valence-electron chi connectivity index (χ1n) is 23.4. The minimum Gasteiger partial charge on any atom is -0.228 e. The summed E-state index contributed by atoms with van der Waals surface area (Å²) in [7, 11) is 0. The van der Waals surface area contributed by atoms with Crippen LogP contribution in [0.15, 0.2) is 267 Å². The van der Waals surface area contributed by atoms with E-state index in [-0.39, 0.29) is 0 Å². The van der Waals surface area contributed by atoms with Crippen molar-refractivity contribution in [1.82, 2.24) is 19.9 Å². The van der Waals surface area contributed by atoms with Gasteiger partial charge in [0.15, 0.2) is 11.6 Å². The highest BCUT2D eigenvalue weighted by molar-refractivity contribution is 5.89. The maximum Gasteiger partial charge on any atom is 0.160 e. The molecule has 4 nitrogen and oxygen atoms in total. The van der Waals surface area contributed by atoms with Crippen molar-refractivity contribution in [3.63, 3.8) is 0 Å². The van der Waals surface area contributed by atoms with Gasteiger partial charge in [-0.05, 0) is 68.1 Å². The Hall–Kier alpha value is -9.12. The first-order chi connectivity index (χ1) is 34.2. The summed E-state index contributed by atoms with van der Waals surface area (Å²) in [5.41, 5.74) is 13.4. The molecule has 0 bridgehead atoms. The average Bonchev–Trinajstić information content (AvgIpc) is 3.44. The highest BCUT2D eigenvalue weighted by Gasteiger charge is 2.38. The molecule has 12 rings (SSSR count).